The average Bonchev–Trinajstić information content (AvgIpc) is 2.72. The molecule has 0 atom stereocenters. The zero-order valence-electron chi connectivity index (χ0n) is 7.42. The molecule has 0 saturated heterocycles. The number of carbonyl (C=O) groups is 1. The maximum absolute atomic E-state index is 10.4. The van der Waals surface area contributed by atoms with Crippen LogP contribution in [0.25, 0.3) is 5.13 Å². The van der Waals surface area contributed by atoms with Crippen LogP contribution in [0.5, 0.6) is 0 Å². The van der Waals surface area contributed by atoms with E-state index in [0.717, 1.165) is 0 Å². The molecule has 2 heterocycles. The highest BCUT2D eigenvalue weighted by Gasteiger charge is 2.07. The first-order chi connectivity index (χ1) is 7.15. The largest absolute Gasteiger partial charge is 0.481 e. The van der Waals surface area contributed by atoms with Gasteiger partial charge in [0.15, 0.2) is 0 Å². The number of thiazole rings is 1. The predicted octanol–water partition coefficient (Wildman–Crippen LogP) is 1.61. The van der Waals surface area contributed by atoms with E-state index in [2.05, 4.69) is 10.1 Å². The summed E-state index contributed by atoms with van der Waals surface area (Å²) < 4.78 is 2.08. The fourth-order valence-electron chi connectivity index (χ4n) is 1.07. The van der Waals surface area contributed by atoms with Gasteiger partial charge in [-0.2, -0.15) is 5.10 Å². The lowest BCUT2D eigenvalue weighted by Gasteiger charge is -1.92. The summed E-state index contributed by atoms with van der Waals surface area (Å²) in [5.41, 5.74) is 0.494. The van der Waals surface area contributed by atoms with E-state index in [1.54, 1.807) is 12.3 Å². The van der Waals surface area contributed by atoms with Crippen LogP contribution in [-0.4, -0.2) is 25.8 Å². The van der Waals surface area contributed by atoms with E-state index in [9.17, 15) is 4.79 Å². The van der Waals surface area contributed by atoms with Crippen LogP contribution in [0.1, 0.15) is 5.69 Å². The summed E-state index contributed by atoms with van der Waals surface area (Å²) in [6.45, 7) is 0. The van der Waals surface area contributed by atoms with Crippen molar-refractivity contribution in [3.63, 3.8) is 0 Å². The molecule has 5 nitrogen and oxygen atoms in total. The SMILES string of the molecule is O=C(O)Cc1ccn(-c2ncc(Cl)s2)n1. The summed E-state index contributed by atoms with van der Waals surface area (Å²) in [6, 6.07) is 1.64. The normalized spacial score (nSPS) is 10.5. The Morgan fingerprint density at radius 3 is 3.07 bits per heavy atom. The Kier molecular flexibility index (Phi) is 2.70. The van der Waals surface area contributed by atoms with E-state index in [1.807, 2.05) is 0 Å². The van der Waals surface area contributed by atoms with Crippen molar-refractivity contribution in [2.24, 2.45) is 0 Å². The van der Waals surface area contributed by atoms with E-state index in [-0.39, 0.29) is 6.42 Å². The maximum atomic E-state index is 10.4. The van der Waals surface area contributed by atoms with Gasteiger partial charge in [0.1, 0.15) is 4.34 Å². The van der Waals surface area contributed by atoms with Gasteiger partial charge in [0.2, 0.25) is 5.13 Å². The Hall–Kier alpha value is -1.40. The lowest BCUT2D eigenvalue weighted by molar-refractivity contribution is -0.136. The van der Waals surface area contributed by atoms with Gasteiger partial charge in [-0.15, -0.1) is 0 Å². The highest BCUT2D eigenvalue weighted by Crippen LogP contribution is 2.21. The molecule has 0 aliphatic heterocycles. The first-order valence-electron chi connectivity index (χ1n) is 4.03. The molecule has 78 valence electrons. The van der Waals surface area contributed by atoms with Crippen LogP contribution in [0.3, 0.4) is 0 Å². The van der Waals surface area contributed by atoms with Gasteiger partial charge in [-0.05, 0) is 6.07 Å². The van der Waals surface area contributed by atoms with Gasteiger partial charge in [0.05, 0.1) is 18.3 Å². The summed E-state index contributed by atoms with van der Waals surface area (Å²) in [7, 11) is 0. The topological polar surface area (TPSA) is 68.0 Å². The van der Waals surface area contributed by atoms with Gasteiger partial charge in [-0.25, -0.2) is 9.67 Å². The minimum Gasteiger partial charge on any atom is -0.481 e. The van der Waals surface area contributed by atoms with Crippen molar-refractivity contribution in [2.75, 3.05) is 0 Å². The molecule has 2 aromatic rings. The first kappa shape index (κ1) is 10.1. The summed E-state index contributed by atoms with van der Waals surface area (Å²) >= 11 is 7.00. The third kappa shape index (κ3) is 2.34. The quantitative estimate of drug-likeness (QED) is 0.889. The van der Waals surface area contributed by atoms with Gasteiger partial charge < -0.3 is 5.11 Å². The van der Waals surface area contributed by atoms with Gasteiger partial charge in [0.25, 0.3) is 0 Å². The highest BCUT2D eigenvalue weighted by molar-refractivity contribution is 7.18. The molecule has 0 aliphatic carbocycles. The number of hydrogen-bond donors (Lipinski definition) is 1. The van der Waals surface area contributed by atoms with Crippen LogP contribution >= 0.6 is 22.9 Å². The summed E-state index contributed by atoms with van der Waals surface area (Å²) in [5.74, 6) is -0.905. The molecule has 0 amide bonds. The van der Waals surface area contributed by atoms with Crippen molar-refractivity contribution in [2.45, 2.75) is 6.42 Å². The van der Waals surface area contributed by atoms with Crippen LogP contribution < -0.4 is 0 Å². The molecule has 1 N–H and O–H groups in total. The summed E-state index contributed by atoms with van der Waals surface area (Å²) in [6.07, 6.45) is 3.10. The number of halogens is 1. The molecule has 0 unspecified atom stereocenters. The molecule has 0 radical (unpaired) electrons. The molecule has 0 bridgehead atoms. The Labute approximate surface area is 93.9 Å². The van der Waals surface area contributed by atoms with Crippen molar-refractivity contribution >= 4 is 28.9 Å². The first-order valence-corrected chi connectivity index (χ1v) is 5.22. The molecule has 0 aliphatic rings. The number of carboxylic acids is 1. The summed E-state index contributed by atoms with van der Waals surface area (Å²) in [4.78, 5) is 14.5. The van der Waals surface area contributed by atoms with Crippen LogP contribution in [0.4, 0.5) is 0 Å². The third-order valence-electron chi connectivity index (χ3n) is 1.64. The molecule has 0 saturated carbocycles. The molecular formula is C8H6ClN3O2S. The van der Waals surface area contributed by atoms with E-state index >= 15 is 0 Å². The van der Waals surface area contributed by atoms with E-state index in [1.165, 1.54) is 22.2 Å². The number of aliphatic carboxylic acids is 1. The number of rotatable bonds is 3. The smallest absolute Gasteiger partial charge is 0.309 e. The average molecular weight is 244 g/mol. The monoisotopic (exact) mass is 243 g/mol. The predicted molar refractivity (Wildman–Crippen MR) is 55.6 cm³/mol. The Bertz CT molecular complexity index is 494. The number of aromatic nitrogens is 3. The standard InChI is InChI=1S/C8H6ClN3O2S/c9-6-4-10-8(15-6)12-2-1-5(11-12)3-7(13)14/h1-2,4H,3H2,(H,13,14). The highest BCUT2D eigenvalue weighted by atomic mass is 35.5. The minimum atomic E-state index is -0.905. The molecule has 0 spiro atoms. The zero-order valence-corrected chi connectivity index (χ0v) is 8.99. The third-order valence-corrected chi connectivity index (χ3v) is 2.74. The lowest BCUT2D eigenvalue weighted by Crippen LogP contribution is -2.02. The van der Waals surface area contributed by atoms with Crippen LogP contribution in [-0.2, 0) is 11.2 Å². The number of hydrogen-bond acceptors (Lipinski definition) is 4. The van der Waals surface area contributed by atoms with E-state index < -0.39 is 5.97 Å². The number of carboxylic acid groups (broad SMARTS) is 1. The number of nitrogens with zero attached hydrogens (tertiary/aromatic N) is 3. The molecule has 2 rings (SSSR count). The maximum Gasteiger partial charge on any atom is 0.309 e. The fraction of sp³-hybridized carbons (Fsp3) is 0.125. The second-order valence-electron chi connectivity index (χ2n) is 2.77. The van der Waals surface area contributed by atoms with Crippen molar-refractivity contribution in [3.8, 4) is 5.13 Å². The molecule has 15 heavy (non-hydrogen) atoms. The van der Waals surface area contributed by atoms with E-state index in [4.69, 9.17) is 16.7 Å². The van der Waals surface area contributed by atoms with Crippen LogP contribution in [0, 0.1) is 0 Å². The zero-order chi connectivity index (χ0) is 10.8. The molecule has 2 aromatic heterocycles. The van der Waals surface area contributed by atoms with Crippen molar-refractivity contribution in [3.05, 3.63) is 28.5 Å². The summed E-state index contributed by atoms with van der Waals surface area (Å²) in [5, 5.41) is 13.2. The van der Waals surface area contributed by atoms with Crippen LogP contribution in [0.15, 0.2) is 18.5 Å². The Morgan fingerprint density at radius 2 is 2.47 bits per heavy atom. The van der Waals surface area contributed by atoms with Gasteiger partial charge in [-0.1, -0.05) is 22.9 Å². The molecular weight excluding hydrogens is 238 g/mol. The molecule has 7 heteroatoms. The van der Waals surface area contributed by atoms with Gasteiger partial charge >= 0.3 is 5.97 Å². The molecule has 0 aromatic carbocycles. The van der Waals surface area contributed by atoms with Crippen LogP contribution in [0.2, 0.25) is 4.34 Å². The molecule has 0 fully saturated rings. The van der Waals surface area contributed by atoms with Gasteiger partial charge in [0, 0.05) is 6.20 Å². The van der Waals surface area contributed by atoms with E-state index in [0.29, 0.717) is 15.2 Å². The van der Waals surface area contributed by atoms with Gasteiger partial charge in [-0.3, -0.25) is 4.79 Å². The fourth-order valence-corrected chi connectivity index (χ4v) is 1.91. The van der Waals surface area contributed by atoms with Crippen molar-refractivity contribution in [1.82, 2.24) is 14.8 Å². The Balaban J connectivity index is 2.23. The second kappa shape index (κ2) is 4.00. The van der Waals surface area contributed by atoms with Crippen molar-refractivity contribution in [1.29, 1.82) is 0 Å². The minimum absolute atomic E-state index is 0.0912. The lowest BCUT2D eigenvalue weighted by atomic mass is 10.3. The Morgan fingerprint density at radius 1 is 1.67 bits per heavy atom. The second-order valence-corrected chi connectivity index (χ2v) is 4.41. The van der Waals surface area contributed by atoms with Crippen molar-refractivity contribution < 1.29 is 9.90 Å².